The molecule has 2 aromatic carbocycles. The van der Waals surface area contributed by atoms with Crippen molar-refractivity contribution in [1.82, 2.24) is 15.8 Å². The summed E-state index contributed by atoms with van der Waals surface area (Å²) < 4.78 is 0.462. The molecule has 160 valence electrons. The van der Waals surface area contributed by atoms with Gasteiger partial charge in [-0.2, -0.15) is 0 Å². The van der Waals surface area contributed by atoms with Crippen molar-refractivity contribution in [2.75, 3.05) is 6.54 Å². The van der Waals surface area contributed by atoms with Gasteiger partial charge in [0.2, 0.25) is 5.91 Å². The molecule has 0 unspecified atom stereocenters. The number of hydrazine groups is 1. The molecule has 1 fully saturated rings. The van der Waals surface area contributed by atoms with E-state index in [0.29, 0.717) is 27.8 Å². The van der Waals surface area contributed by atoms with Gasteiger partial charge in [-0.15, -0.1) is 0 Å². The largest absolute Gasteiger partial charge is 0.508 e. The normalized spacial score (nSPS) is 14.7. The molecule has 1 saturated heterocycles. The van der Waals surface area contributed by atoms with Gasteiger partial charge in [0.05, 0.1) is 4.91 Å². The Morgan fingerprint density at radius 1 is 1.10 bits per heavy atom. The highest BCUT2D eigenvalue weighted by atomic mass is 32.2. The number of carbonyl (C=O) groups excluding carboxylic acids is 3. The highest BCUT2D eigenvalue weighted by Gasteiger charge is 2.31. The highest BCUT2D eigenvalue weighted by molar-refractivity contribution is 8.26. The van der Waals surface area contributed by atoms with Gasteiger partial charge in [-0.25, -0.2) is 0 Å². The first-order valence-corrected chi connectivity index (χ1v) is 10.8. The Morgan fingerprint density at radius 2 is 1.77 bits per heavy atom. The van der Waals surface area contributed by atoms with Crippen LogP contribution in [-0.2, 0) is 9.59 Å². The Hall–Kier alpha value is -3.17. The molecule has 0 bridgehead atoms. The first kappa shape index (κ1) is 22.5. The number of nitrogens with zero attached hydrogens (tertiary/aromatic N) is 1. The van der Waals surface area contributed by atoms with E-state index >= 15 is 0 Å². The third-order valence-electron chi connectivity index (χ3n) is 4.48. The zero-order chi connectivity index (χ0) is 22.4. The molecule has 0 aliphatic carbocycles. The van der Waals surface area contributed by atoms with Crippen LogP contribution in [0.25, 0.3) is 6.08 Å². The van der Waals surface area contributed by atoms with Crippen LogP contribution in [0.3, 0.4) is 0 Å². The minimum atomic E-state index is -0.494. The zero-order valence-corrected chi connectivity index (χ0v) is 18.4. The van der Waals surface area contributed by atoms with Crippen LogP contribution in [0, 0.1) is 6.92 Å². The number of hydrogen-bond donors (Lipinski definition) is 3. The number of thiocarbonyl (C=S) groups is 1. The summed E-state index contributed by atoms with van der Waals surface area (Å²) in [6.07, 6.45) is 2.32. The van der Waals surface area contributed by atoms with Crippen molar-refractivity contribution in [3.63, 3.8) is 0 Å². The van der Waals surface area contributed by atoms with Crippen molar-refractivity contribution in [3.05, 3.63) is 70.1 Å². The van der Waals surface area contributed by atoms with Crippen molar-refractivity contribution in [1.29, 1.82) is 0 Å². The number of aromatic hydroxyl groups is 1. The van der Waals surface area contributed by atoms with Crippen molar-refractivity contribution in [2.24, 2.45) is 0 Å². The van der Waals surface area contributed by atoms with Crippen LogP contribution in [0.15, 0.2) is 53.4 Å². The fourth-order valence-electron chi connectivity index (χ4n) is 2.78. The van der Waals surface area contributed by atoms with E-state index < -0.39 is 5.91 Å². The van der Waals surface area contributed by atoms with Gasteiger partial charge < -0.3 is 5.11 Å². The molecule has 3 N–H and O–H groups in total. The summed E-state index contributed by atoms with van der Waals surface area (Å²) in [6, 6.07) is 13.5. The van der Waals surface area contributed by atoms with E-state index in [1.807, 2.05) is 37.3 Å². The number of nitrogens with one attached hydrogen (secondary N) is 2. The number of rotatable bonds is 6. The smallest absolute Gasteiger partial charge is 0.269 e. The van der Waals surface area contributed by atoms with Gasteiger partial charge in [-0.05, 0) is 49.2 Å². The summed E-state index contributed by atoms with van der Waals surface area (Å²) >= 11 is 6.56. The second-order valence-electron chi connectivity index (χ2n) is 6.90. The van der Waals surface area contributed by atoms with Crippen molar-refractivity contribution >= 4 is 52.1 Å². The molecule has 0 radical (unpaired) electrons. The van der Waals surface area contributed by atoms with Crippen LogP contribution in [0.1, 0.15) is 34.3 Å². The lowest BCUT2D eigenvalue weighted by atomic mass is 10.1. The molecule has 2 aromatic rings. The third-order valence-corrected chi connectivity index (χ3v) is 5.86. The molecule has 1 aliphatic rings. The summed E-state index contributed by atoms with van der Waals surface area (Å²) in [4.78, 5) is 38.6. The summed E-state index contributed by atoms with van der Waals surface area (Å²) in [5.41, 5.74) is 7.02. The molecule has 1 heterocycles. The Kier molecular flexibility index (Phi) is 7.43. The van der Waals surface area contributed by atoms with Gasteiger partial charge in [0.1, 0.15) is 10.1 Å². The Bertz CT molecular complexity index is 1030. The summed E-state index contributed by atoms with van der Waals surface area (Å²) in [5, 5.41) is 9.24. The summed E-state index contributed by atoms with van der Waals surface area (Å²) in [7, 11) is 0. The van der Waals surface area contributed by atoms with E-state index in [-0.39, 0.29) is 24.0 Å². The molecule has 7 nitrogen and oxygen atoms in total. The van der Waals surface area contributed by atoms with Gasteiger partial charge in [-0.1, -0.05) is 53.8 Å². The quantitative estimate of drug-likeness (QED) is 0.352. The van der Waals surface area contributed by atoms with Gasteiger partial charge in [-0.3, -0.25) is 30.1 Å². The van der Waals surface area contributed by atoms with E-state index in [1.165, 1.54) is 40.9 Å². The zero-order valence-electron chi connectivity index (χ0n) is 16.8. The first-order chi connectivity index (χ1) is 14.8. The van der Waals surface area contributed by atoms with Gasteiger partial charge in [0, 0.05) is 18.5 Å². The Morgan fingerprint density at radius 3 is 2.45 bits per heavy atom. The summed E-state index contributed by atoms with van der Waals surface area (Å²) in [6.45, 7) is 2.31. The number of phenols is 1. The molecular formula is C22H21N3O4S2. The van der Waals surface area contributed by atoms with Crippen molar-refractivity contribution in [3.8, 4) is 5.75 Å². The fraction of sp³-hybridized carbons (Fsp3) is 0.182. The van der Waals surface area contributed by atoms with E-state index in [1.54, 1.807) is 0 Å². The second-order valence-corrected chi connectivity index (χ2v) is 8.57. The maximum atomic E-state index is 12.6. The van der Waals surface area contributed by atoms with Crippen LogP contribution < -0.4 is 10.9 Å². The molecule has 9 heteroatoms. The molecule has 0 aromatic heterocycles. The van der Waals surface area contributed by atoms with Crippen molar-refractivity contribution in [2.45, 2.75) is 19.8 Å². The van der Waals surface area contributed by atoms with Crippen LogP contribution in [-0.4, -0.2) is 38.6 Å². The van der Waals surface area contributed by atoms with Crippen molar-refractivity contribution < 1.29 is 19.5 Å². The standard InChI is InChI=1S/C22H21N3O4S2/c1-14-4-6-15(7-5-14)13-18-21(29)25(22(30)31-18)12-2-3-19(27)23-24-20(28)16-8-10-17(26)11-9-16/h4-11,13,26H,2-3,12H2,1H3,(H,23,27)(H,24,28). The first-order valence-electron chi connectivity index (χ1n) is 9.54. The number of hydrogen-bond acceptors (Lipinski definition) is 6. The minimum absolute atomic E-state index is 0.0463. The molecule has 0 spiro atoms. The minimum Gasteiger partial charge on any atom is -0.508 e. The monoisotopic (exact) mass is 455 g/mol. The Balaban J connectivity index is 1.45. The van der Waals surface area contributed by atoms with E-state index in [9.17, 15) is 19.5 Å². The number of amides is 3. The van der Waals surface area contributed by atoms with E-state index in [2.05, 4.69) is 10.9 Å². The van der Waals surface area contributed by atoms with E-state index in [0.717, 1.165) is 11.1 Å². The summed E-state index contributed by atoms with van der Waals surface area (Å²) in [5.74, 6) is -0.999. The molecule has 31 heavy (non-hydrogen) atoms. The van der Waals surface area contributed by atoms with Gasteiger partial charge >= 0.3 is 0 Å². The average molecular weight is 456 g/mol. The maximum absolute atomic E-state index is 12.6. The Labute approximate surface area is 189 Å². The molecule has 0 atom stereocenters. The predicted molar refractivity (Wildman–Crippen MR) is 124 cm³/mol. The molecule has 3 rings (SSSR count). The predicted octanol–water partition coefficient (Wildman–Crippen LogP) is 3.14. The number of phenolic OH excluding ortho intramolecular Hbond substituents is 1. The average Bonchev–Trinajstić information content (AvgIpc) is 3.01. The van der Waals surface area contributed by atoms with E-state index in [4.69, 9.17) is 12.2 Å². The number of aryl methyl sites for hydroxylation is 1. The van der Waals surface area contributed by atoms with Gasteiger partial charge in [0.15, 0.2) is 0 Å². The van der Waals surface area contributed by atoms with Crippen LogP contribution in [0.4, 0.5) is 0 Å². The van der Waals surface area contributed by atoms with Gasteiger partial charge in [0.25, 0.3) is 11.8 Å². The van der Waals surface area contributed by atoms with Crippen LogP contribution in [0.2, 0.25) is 0 Å². The molecule has 3 amide bonds. The molecule has 0 saturated carbocycles. The fourth-order valence-corrected chi connectivity index (χ4v) is 4.09. The molecular weight excluding hydrogens is 434 g/mol. The lowest BCUT2D eigenvalue weighted by molar-refractivity contribution is -0.124. The topological polar surface area (TPSA) is 98.7 Å². The number of carbonyl (C=O) groups is 3. The SMILES string of the molecule is Cc1ccc(C=C2SC(=S)N(CCCC(=O)NNC(=O)c3ccc(O)cc3)C2=O)cc1. The maximum Gasteiger partial charge on any atom is 0.269 e. The molecule has 1 aliphatic heterocycles. The lowest BCUT2D eigenvalue weighted by Crippen LogP contribution is -2.41. The highest BCUT2D eigenvalue weighted by Crippen LogP contribution is 2.32. The third kappa shape index (κ3) is 6.16. The van der Waals surface area contributed by atoms with Crippen LogP contribution in [0.5, 0.6) is 5.75 Å². The lowest BCUT2D eigenvalue weighted by Gasteiger charge is -2.14. The second kappa shape index (κ2) is 10.2. The van der Waals surface area contributed by atoms with Crippen LogP contribution >= 0.6 is 24.0 Å². The number of benzene rings is 2. The number of thioether (sulfide) groups is 1.